The van der Waals surface area contributed by atoms with Crippen molar-refractivity contribution in [3.8, 4) is 0 Å². The van der Waals surface area contributed by atoms with Gasteiger partial charge in [0.2, 0.25) is 0 Å². The summed E-state index contributed by atoms with van der Waals surface area (Å²) in [5, 5.41) is 19.1. The lowest BCUT2D eigenvalue weighted by Crippen LogP contribution is -2.09. The van der Waals surface area contributed by atoms with E-state index in [0.29, 0.717) is 16.3 Å². The van der Waals surface area contributed by atoms with Crippen LogP contribution < -0.4 is 11.5 Å². The van der Waals surface area contributed by atoms with Crippen molar-refractivity contribution in [3.05, 3.63) is 41.0 Å². The molecule has 6 N–H and O–H groups in total. The highest BCUT2D eigenvalue weighted by molar-refractivity contribution is 6.08. The van der Waals surface area contributed by atoms with Gasteiger partial charge in [-0.3, -0.25) is 0 Å². The summed E-state index contributed by atoms with van der Waals surface area (Å²) in [5.74, 6) is -2.21. The van der Waals surface area contributed by atoms with Crippen LogP contribution in [0.3, 0.4) is 0 Å². The van der Waals surface area contributed by atoms with E-state index in [4.69, 9.17) is 21.7 Å². The van der Waals surface area contributed by atoms with Gasteiger partial charge in [0.15, 0.2) is 0 Å². The maximum Gasteiger partial charge on any atom is 0.337 e. The number of aromatic carboxylic acids is 2. The first kappa shape index (κ1) is 12.8. The molecular formula is C13H12N2O4. The highest BCUT2D eigenvalue weighted by Crippen LogP contribution is 2.29. The molecule has 0 fully saturated rings. The number of carboxylic acid groups (broad SMARTS) is 2. The molecule has 98 valence electrons. The topological polar surface area (TPSA) is 127 Å². The molecule has 0 aliphatic heterocycles. The first-order valence-corrected chi connectivity index (χ1v) is 5.48. The maximum atomic E-state index is 11.1. The lowest BCUT2D eigenvalue weighted by molar-refractivity contribution is 0.0685. The molecule has 0 aromatic heterocycles. The Morgan fingerprint density at radius 2 is 1.47 bits per heavy atom. The smallest absolute Gasteiger partial charge is 0.337 e. The zero-order chi connectivity index (χ0) is 14.2. The fraction of sp³-hybridized carbons (Fsp3) is 0.0769. The van der Waals surface area contributed by atoms with Gasteiger partial charge in [-0.05, 0) is 23.1 Å². The van der Waals surface area contributed by atoms with E-state index in [-0.39, 0.29) is 23.4 Å². The third kappa shape index (κ3) is 1.98. The third-order valence-corrected chi connectivity index (χ3v) is 3.02. The van der Waals surface area contributed by atoms with Crippen molar-refractivity contribution in [2.75, 3.05) is 5.73 Å². The van der Waals surface area contributed by atoms with Crippen LogP contribution in [0.15, 0.2) is 24.3 Å². The first-order chi connectivity index (χ1) is 8.97. The van der Waals surface area contributed by atoms with Gasteiger partial charge in [-0.2, -0.15) is 0 Å². The Morgan fingerprint density at radius 3 is 2.00 bits per heavy atom. The minimum atomic E-state index is -1.13. The average molecular weight is 260 g/mol. The van der Waals surface area contributed by atoms with Gasteiger partial charge >= 0.3 is 11.9 Å². The Labute approximate surface area is 108 Å². The zero-order valence-corrected chi connectivity index (χ0v) is 9.88. The Kier molecular flexibility index (Phi) is 3.10. The first-order valence-electron chi connectivity index (χ1n) is 5.48. The van der Waals surface area contributed by atoms with Crippen LogP contribution in [0.4, 0.5) is 5.69 Å². The van der Waals surface area contributed by atoms with E-state index in [2.05, 4.69) is 0 Å². The maximum absolute atomic E-state index is 11.1. The summed E-state index contributed by atoms with van der Waals surface area (Å²) in [6.07, 6.45) is 0. The monoisotopic (exact) mass is 260 g/mol. The normalized spacial score (nSPS) is 10.6. The summed E-state index contributed by atoms with van der Waals surface area (Å²) in [4.78, 5) is 22.1. The summed E-state index contributed by atoms with van der Waals surface area (Å²) in [6, 6.07) is 5.77. The minimum Gasteiger partial charge on any atom is -0.478 e. The number of benzene rings is 2. The van der Waals surface area contributed by atoms with Gasteiger partial charge in [0.1, 0.15) is 0 Å². The van der Waals surface area contributed by atoms with Crippen molar-refractivity contribution < 1.29 is 19.8 Å². The Morgan fingerprint density at radius 1 is 0.947 bits per heavy atom. The second-order valence-corrected chi connectivity index (χ2v) is 4.03. The van der Waals surface area contributed by atoms with E-state index in [0.717, 1.165) is 0 Å². The zero-order valence-electron chi connectivity index (χ0n) is 9.88. The standard InChI is InChI=1S/C13H12N2O4/c14-5-10-6-1-4-9(13(18)19)11(15)7(6)2-3-8(10)12(16)17/h1-4H,5,14-15H2,(H,16,17)(H,18,19). The molecule has 0 bridgehead atoms. The van der Waals surface area contributed by atoms with Gasteiger partial charge in [-0.25, -0.2) is 9.59 Å². The van der Waals surface area contributed by atoms with Crippen molar-refractivity contribution in [2.45, 2.75) is 6.54 Å². The summed E-state index contributed by atoms with van der Waals surface area (Å²) in [6.45, 7) is 0.0326. The van der Waals surface area contributed by atoms with Crippen molar-refractivity contribution in [1.29, 1.82) is 0 Å². The molecule has 2 aromatic rings. The molecule has 6 heteroatoms. The van der Waals surface area contributed by atoms with E-state index >= 15 is 0 Å². The average Bonchev–Trinajstić information content (AvgIpc) is 2.37. The molecule has 0 aliphatic rings. The van der Waals surface area contributed by atoms with Crippen LogP contribution in [0.2, 0.25) is 0 Å². The molecule has 0 atom stereocenters. The summed E-state index contributed by atoms with van der Waals surface area (Å²) < 4.78 is 0. The molecule has 19 heavy (non-hydrogen) atoms. The molecule has 0 spiro atoms. The second kappa shape index (κ2) is 4.58. The summed E-state index contributed by atoms with van der Waals surface area (Å²) in [7, 11) is 0. The van der Waals surface area contributed by atoms with Gasteiger partial charge < -0.3 is 21.7 Å². The van der Waals surface area contributed by atoms with E-state index in [1.807, 2.05) is 0 Å². The Balaban J connectivity index is 2.85. The summed E-state index contributed by atoms with van der Waals surface area (Å²) >= 11 is 0. The van der Waals surface area contributed by atoms with Gasteiger partial charge in [0.25, 0.3) is 0 Å². The van der Waals surface area contributed by atoms with Crippen LogP contribution >= 0.6 is 0 Å². The number of nitrogens with two attached hydrogens (primary N) is 2. The number of rotatable bonds is 3. The van der Waals surface area contributed by atoms with E-state index in [1.165, 1.54) is 24.3 Å². The molecule has 0 radical (unpaired) electrons. The number of carboxylic acids is 2. The predicted octanol–water partition coefficient (Wildman–Crippen LogP) is 1.28. The highest BCUT2D eigenvalue weighted by atomic mass is 16.4. The van der Waals surface area contributed by atoms with Crippen LogP contribution in [0, 0.1) is 0 Å². The molecular weight excluding hydrogens is 248 g/mol. The van der Waals surface area contributed by atoms with Crippen LogP contribution in [-0.2, 0) is 6.54 Å². The van der Waals surface area contributed by atoms with Crippen molar-refractivity contribution in [2.24, 2.45) is 5.73 Å². The summed E-state index contributed by atoms with van der Waals surface area (Å²) in [5.41, 5.74) is 12.0. The predicted molar refractivity (Wildman–Crippen MR) is 70.2 cm³/mol. The number of nitrogen functional groups attached to an aromatic ring is 1. The molecule has 0 heterocycles. The van der Waals surface area contributed by atoms with Gasteiger partial charge in [0.05, 0.1) is 16.8 Å². The van der Waals surface area contributed by atoms with Crippen LogP contribution in [0.1, 0.15) is 26.3 Å². The largest absolute Gasteiger partial charge is 0.478 e. The molecule has 0 saturated carbocycles. The fourth-order valence-electron chi connectivity index (χ4n) is 2.10. The molecule has 2 rings (SSSR count). The Bertz CT molecular complexity index is 695. The fourth-order valence-corrected chi connectivity index (χ4v) is 2.10. The minimum absolute atomic E-state index is 0.0152. The molecule has 0 amide bonds. The van der Waals surface area contributed by atoms with Crippen molar-refractivity contribution in [1.82, 2.24) is 0 Å². The number of hydrogen-bond donors (Lipinski definition) is 4. The van der Waals surface area contributed by atoms with Crippen LogP contribution in [-0.4, -0.2) is 22.2 Å². The molecule has 0 aliphatic carbocycles. The number of fused-ring (bicyclic) bond motifs is 1. The van der Waals surface area contributed by atoms with Crippen molar-refractivity contribution in [3.63, 3.8) is 0 Å². The number of carbonyl (C=O) groups is 2. The van der Waals surface area contributed by atoms with Crippen molar-refractivity contribution >= 4 is 28.4 Å². The lowest BCUT2D eigenvalue weighted by atomic mass is 9.96. The van der Waals surface area contributed by atoms with Gasteiger partial charge in [-0.1, -0.05) is 12.1 Å². The molecule has 6 nitrogen and oxygen atoms in total. The van der Waals surface area contributed by atoms with E-state index in [1.54, 1.807) is 0 Å². The lowest BCUT2D eigenvalue weighted by Gasteiger charge is -2.11. The Hall–Kier alpha value is -2.60. The number of anilines is 1. The van der Waals surface area contributed by atoms with Crippen LogP contribution in [0.5, 0.6) is 0 Å². The van der Waals surface area contributed by atoms with E-state index in [9.17, 15) is 9.59 Å². The van der Waals surface area contributed by atoms with Crippen LogP contribution in [0.25, 0.3) is 10.8 Å². The number of hydrogen-bond acceptors (Lipinski definition) is 4. The van der Waals surface area contributed by atoms with E-state index < -0.39 is 11.9 Å². The van der Waals surface area contributed by atoms with Gasteiger partial charge in [-0.15, -0.1) is 0 Å². The second-order valence-electron chi connectivity index (χ2n) is 4.03. The quantitative estimate of drug-likeness (QED) is 0.615. The van der Waals surface area contributed by atoms with Gasteiger partial charge in [0, 0.05) is 11.9 Å². The molecule has 2 aromatic carbocycles. The molecule has 0 saturated heterocycles. The third-order valence-electron chi connectivity index (χ3n) is 3.02. The SMILES string of the molecule is NCc1c(C(=O)O)ccc2c(N)c(C(=O)O)ccc12. The molecule has 0 unspecified atom stereocenters. The highest BCUT2D eigenvalue weighted by Gasteiger charge is 2.16.